The van der Waals surface area contributed by atoms with Gasteiger partial charge in [-0.3, -0.25) is 14.4 Å². The standard InChI is InChI=1S/C30H29ClFN3O6S/c1-30(2,41-26-8-5-11-35(26)29-33-15-18(42-29)9-10-27(37)38)25(36)13-17-12-21(31)23(14-22(17)32)34-28(39)20-16-40-24-7-4-3-6-19(20)24/h3-4,6-7,12,14-16,26H,5,8-11,13H2,1-2H3,(H,34,39)(H,37,38). The highest BCUT2D eigenvalue weighted by Crippen LogP contribution is 2.34. The molecule has 3 heterocycles. The molecule has 42 heavy (non-hydrogen) atoms. The number of anilines is 2. The Bertz CT molecular complexity index is 1650. The molecule has 4 aromatic rings. The number of nitrogens with zero attached hydrogens (tertiary/aromatic N) is 2. The van der Waals surface area contributed by atoms with Gasteiger partial charge in [-0.15, -0.1) is 11.3 Å². The van der Waals surface area contributed by atoms with E-state index >= 15 is 4.39 Å². The van der Waals surface area contributed by atoms with Gasteiger partial charge in [-0.05, 0) is 56.9 Å². The molecular weight excluding hydrogens is 585 g/mol. The summed E-state index contributed by atoms with van der Waals surface area (Å²) in [6.07, 6.45) is 4.27. The summed E-state index contributed by atoms with van der Waals surface area (Å²) in [6.45, 7) is 3.98. The number of amides is 1. The zero-order valence-corrected chi connectivity index (χ0v) is 24.6. The zero-order valence-electron chi connectivity index (χ0n) is 23.0. The Morgan fingerprint density at radius 2 is 2.07 bits per heavy atom. The Balaban J connectivity index is 1.24. The number of benzene rings is 2. The monoisotopic (exact) mass is 613 g/mol. The van der Waals surface area contributed by atoms with Gasteiger partial charge in [0.25, 0.3) is 5.91 Å². The van der Waals surface area contributed by atoms with Crippen molar-refractivity contribution < 1.29 is 33.0 Å². The van der Waals surface area contributed by atoms with Gasteiger partial charge in [0.2, 0.25) is 0 Å². The lowest BCUT2D eigenvalue weighted by Crippen LogP contribution is -2.44. The molecule has 1 atom stereocenters. The van der Waals surface area contributed by atoms with Gasteiger partial charge in [-0.2, -0.15) is 0 Å². The molecule has 0 aliphatic carbocycles. The van der Waals surface area contributed by atoms with Crippen LogP contribution in [-0.4, -0.2) is 46.1 Å². The first kappa shape index (κ1) is 29.7. The van der Waals surface area contributed by atoms with Crippen molar-refractivity contribution >= 4 is 62.4 Å². The van der Waals surface area contributed by atoms with E-state index in [1.807, 2.05) is 4.90 Å². The second-order valence-electron chi connectivity index (χ2n) is 10.5. The molecule has 12 heteroatoms. The number of fused-ring (bicyclic) bond motifs is 1. The van der Waals surface area contributed by atoms with Crippen molar-refractivity contribution in [3.63, 3.8) is 0 Å². The fourth-order valence-corrected chi connectivity index (χ4v) is 6.02. The molecule has 9 nitrogen and oxygen atoms in total. The lowest BCUT2D eigenvalue weighted by Gasteiger charge is -2.32. The van der Waals surface area contributed by atoms with E-state index in [-0.39, 0.29) is 40.5 Å². The molecule has 2 aromatic heterocycles. The van der Waals surface area contributed by atoms with Crippen LogP contribution in [0.5, 0.6) is 0 Å². The number of aromatic nitrogens is 1. The van der Waals surface area contributed by atoms with Crippen LogP contribution in [0.25, 0.3) is 11.0 Å². The van der Waals surface area contributed by atoms with Crippen molar-refractivity contribution in [3.05, 3.63) is 75.7 Å². The van der Waals surface area contributed by atoms with Gasteiger partial charge >= 0.3 is 5.97 Å². The lowest BCUT2D eigenvalue weighted by molar-refractivity contribution is -0.146. The van der Waals surface area contributed by atoms with E-state index in [2.05, 4.69) is 10.3 Å². The zero-order chi connectivity index (χ0) is 30.0. The maximum absolute atomic E-state index is 15.2. The van der Waals surface area contributed by atoms with Gasteiger partial charge in [-0.1, -0.05) is 29.8 Å². The number of halogens is 2. The highest BCUT2D eigenvalue weighted by Gasteiger charge is 2.37. The molecule has 1 fully saturated rings. The predicted molar refractivity (Wildman–Crippen MR) is 158 cm³/mol. The van der Waals surface area contributed by atoms with E-state index in [9.17, 15) is 14.4 Å². The SMILES string of the molecule is CC(C)(OC1CCCN1c1ncc(CCC(=O)O)s1)C(=O)Cc1cc(Cl)c(NC(=O)c2coc3ccccc23)cc1F. The number of nitrogens with one attached hydrogen (secondary N) is 1. The number of carboxylic acids is 1. The minimum Gasteiger partial charge on any atom is -0.481 e. The van der Waals surface area contributed by atoms with Crippen molar-refractivity contribution in [1.29, 1.82) is 0 Å². The molecule has 0 saturated carbocycles. The maximum Gasteiger partial charge on any atom is 0.303 e. The molecule has 0 bridgehead atoms. The van der Waals surface area contributed by atoms with Gasteiger partial charge in [0.05, 0.1) is 22.7 Å². The summed E-state index contributed by atoms with van der Waals surface area (Å²) in [6, 6.07) is 9.49. The maximum atomic E-state index is 15.2. The molecule has 0 radical (unpaired) electrons. The number of thiazole rings is 1. The van der Waals surface area contributed by atoms with Crippen LogP contribution in [0.3, 0.4) is 0 Å². The van der Waals surface area contributed by atoms with Gasteiger partial charge in [0, 0.05) is 29.4 Å². The van der Waals surface area contributed by atoms with E-state index in [0.29, 0.717) is 35.5 Å². The Hall–Kier alpha value is -3.80. The number of furan rings is 1. The van der Waals surface area contributed by atoms with Gasteiger partial charge in [-0.25, -0.2) is 9.37 Å². The third-order valence-electron chi connectivity index (χ3n) is 7.13. The van der Waals surface area contributed by atoms with Crippen LogP contribution >= 0.6 is 22.9 Å². The summed E-state index contributed by atoms with van der Waals surface area (Å²) in [5.41, 5.74) is -0.254. The molecular formula is C30H29ClFN3O6S. The van der Waals surface area contributed by atoms with Crippen LogP contribution in [0.1, 0.15) is 53.9 Å². The minimum absolute atomic E-state index is 0.0264. The minimum atomic E-state index is -1.25. The molecule has 2 aromatic carbocycles. The summed E-state index contributed by atoms with van der Waals surface area (Å²) in [5, 5.41) is 13.0. The average molecular weight is 614 g/mol. The molecule has 1 saturated heterocycles. The van der Waals surface area contributed by atoms with Gasteiger partial charge in [0.15, 0.2) is 10.9 Å². The Morgan fingerprint density at radius 3 is 2.86 bits per heavy atom. The average Bonchev–Trinajstić information content (AvgIpc) is 3.69. The highest BCUT2D eigenvalue weighted by molar-refractivity contribution is 7.15. The first-order valence-corrected chi connectivity index (χ1v) is 14.6. The number of hydrogen-bond acceptors (Lipinski definition) is 8. The Morgan fingerprint density at radius 1 is 1.29 bits per heavy atom. The van der Waals surface area contributed by atoms with Crippen molar-refractivity contribution in [2.75, 3.05) is 16.8 Å². The number of carbonyl (C=O) groups excluding carboxylic acids is 2. The van der Waals surface area contributed by atoms with Gasteiger partial charge in [0.1, 0.15) is 29.5 Å². The van der Waals surface area contributed by atoms with E-state index in [0.717, 1.165) is 17.4 Å². The van der Waals surface area contributed by atoms with Crippen LogP contribution in [0.15, 0.2) is 53.3 Å². The molecule has 1 unspecified atom stereocenters. The first-order chi connectivity index (χ1) is 20.0. The third kappa shape index (κ3) is 6.48. The van der Waals surface area contributed by atoms with Crippen molar-refractivity contribution in [1.82, 2.24) is 4.98 Å². The fraction of sp³-hybridized carbons (Fsp3) is 0.333. The summed E-state index contributed by atoms with van der Waals surface area (Å²) in [7, 11) is 0. The largest absolute Gasteiger partial charge is 0.481 e. The van der Waals surface area contributed by atoms with Crippen molar-refractivity contribution in [3.8, 4) is 0 Å². The number of aliphatic carboxylic acids is 1. The van der Waals surface area contributed by atoms with Crippen molar-refractivity contribution in [2.45, 2.75) is 57.8 Å². The summed E-state index contributed by atoms with van der Waals surface area (Å²) >= 11 is 7.81. The summed E-state index contributed by atoms with van der Waals surface area (Å²) < 4.78 is 26.8. The number of hydrogen-bond donors (Lipinski definition) is 2. The normalized spacial score (nSPS) is 15.3. The van der Waals surface area contributed by atoms with E-state index in [4.69, 9.17) is 25.9 Å². The second kappa shape index (κ2) is 12.2. The van der Waals surface area contributed by atoms with Gasteiger partial charge < -0.3 is 24.5 Å². The van der Waals surface area contributed by atoms with Crippen molar-refractivity contribution in [2.24, 2.45) is 0 Å². The molecule has 2 N–H and O–H groups in total. The predicted octanol–water partition coefficient (Wildman–Crippen LogP) is 6.48. The first-order valence-electron chi connectivity index (χ1n) is 13.4. The number of Topliss-reactive ketones (excluding diaryl/α,β-unsaturated/α-hetero) is 1. The molecule has 1 amide bonds. The number of para-hydroxylation sites is 1. The number of aryl methyl sites for hydroxylation is 1. The number of carboxylic acid groups (broad SMARTS) is 1. The van der Waals surface area contributed by atoms with Crippen LogP contribution in [0, 0.1) is 5.82 Å². The highest BCUT2D eigenvalue weighted by atomic mass is 35.5. The Kier molecular flexibility index (Phi) is 8.63. The number of rotatable bonds is 11. The van der Waals surface area contributed by atoms with E-state index in [1.165, 1.54) is 23.7 Å². The lowest BCUT2D eigenvalue weighted by atomic mass is 9.96. The third-order valence-corrected chi connectivity index (χ3v) is 8.54. The molecule has 220 valence electrons. The van der Waals surface area contributed by atoms with Crippen LogP contribution in [-0.2, 0) is 27.2 Å². The fourth-order valence-electron chi connectivity index (χ4n) is 4.81. The van der Waals surface area contributed by atoms with Crippen LogP contribution in [0.2, 0.25) is 5.02 Å². The van der Waals surface area contributed by atoms with Crippen LogP contribution in [0.4, 0.5) is 15.2 Å². The van der Waals surface area contributed by atoms with E-state index < -0.39 is 29.5 Å². The second-order valence-corrected chi connectivity index (χ2v) is 12.0. The summed E-state index contributed by atoms with van der Waals surface area (Å²) in [5.74, 6) is -2.40. The smallest absolute Gasteiger partial charge is 0.303 e. The summed E-state index contributed by atoms with van der Waals surface area (Å²) in [4.78, 5) is 44.3. The molecule has 1 aliphatic rings. The number of ether oxygens (including phenoxy) is 1. The molecule has 0 spiro atoms. The van der Waals surface area contributed by atoms with E-state index in [1.54, 1.807) is 44.3 Å². The molecule has 1 aliphatic heterocycles. The molecule has 5 rings (SSSR count). The van der Waals surface area contributed by atoms with Crippen LogP contribution < -0.4 is 10.2 Å². The number of carbonyl (C=O) groups is 3. The topological polar surface area (TPSA) is 122 Å². The number of ketones is 1. The quantitative estimate of drug-likeness (QED) is 0.197. The Labute approximate surface area is 250 Å².